The molecule has 1 aliphatic rings. The fourth-order valence-corrected chi connectivity index (χ4v) is 2.39. The zero-order valence-corrected chi connectivity index (χ0v) is 14.4. The molecule has 28 heavy (non-hydrogen) atoms. The predicted molar refractivity (Wildman–Crippen MR) is 92.3 cm³/mol. The Morgan fingerprint density at radius 3 is 2.75 bits per heavy atom. The van der Waals surface area contributed by atoms with Crippen molar-refractivity contribution in [3.05, 3.63) is 62.7 Å². The molecule has 12 nitrogen and oxygen atoms in total. The van der Waals surface area contributed by atoms with Gasteiger partial charge in [-0.1, -0.05) is 0 Å². The van der Waals surface area contributed by atoms with Gasteiger partial charge in [0.2, 0.25) is 0 Å². The van der Waals surface area contributed by atoms with Crippen molar-refractivity contribution in [3.8, 4) is 0 Å². The largest absolute Gasteiger partial charge is 0.444 e. The minimum atomic E-state index is -0.844. The van der Waals surface area contributed by atoms with Gasteiger partial charge in [0.25, 0.3) is 5.69 Å². The number of nitrogens with one attached hydrogen (secondary N) is 1. The molecule has 1 amide bonds. The highest BCUT2D eigenvalue weighted by atomic mass is 16.7. The van der Waals surface area contributed by atoms with Crippen LogP contribution in [0.3, 0.4) is 0 Å². The molecule has 12 heteroatoms. The molecule has 2 atom stereocenters. The van der Waals surface area contributed by atoms with Crippen LogP contribution in [0, 0.1) is 10.1 Å². The fourth-order valence-electron chi connectivity index (χ4n) is 2.39. The SMILES string of the molecule is O=C(Nc1ccn(C2COC(CO)O2)c(=O)n1)OCc1ccc([N+](=O)[O-])cc1. The van der Waals surface area contributed by atoms with Crippen LogP contribution >= 0.6 is 0 Å². The first-order valence-corrected chi connectivity index (χ1v) is 8.10. The maximum absolute atomic E-state index is 12.1. The molecule has 2 heterocycles. The number of aromatic nitrogens is 2. The molecule has 3 rings (SSSR count). The number of amides is 1. The number of benzene rings is 1. The second-order valence-electron chi connectivity index (χ2n) is 5.66. The number of nitro groups is 1. The first-order valence-electron chi connectivity index (χ1n) is 8.10. The third-order valence-corrected chi connectivity index (χ3v) is 3.77. The lowest BCUT2D eigenvalue weighted by atomic mass is 10.2. The highest BCUT2D eigenvalue weighted by Crippen LogP contribution is 2.19. The highest BCUT2D eigenvalue weighted by Gasteiger charge is 2.27. The van der Waals surface area contributed by atoms with Gasteiger partial charge in [-0.05, 0) is 23.8 Å². The Bertz CT molecular complexity index is 914. The summed E-state index contributed by atoms with van der Waals surface area (Å²) in [6.07, 6.45) is -0.997. The first-order chi connectivity index (χ1) is 13.5. The summed E-state index contributed by atoms with van der Waals surface area (Å²) in [5, 5.41) is 21.9. The standard InChI is InChI=1S/C16H16N4O8/c21-7-14-26-9-13(28-14)19-6-5-12(17-15(19)22)18-16(23)27-8-10-1-3-11(4-2-10)20(24)25/h1-6,13-14,21H,7-9H2,(H,17,18,22,23). The average Bonchev–Trinajstić information content (AvgIpc) is 3.16. The predicted octanol–water partition coefficient (Wildman–Crippen LogP) is 0.764. The molecular weight excluding hydrogens is 376 g/mol. The molecule has 0 bridgehead atoms. The maximum Gasteiger partial charge on any atom is 0.413 e. The van der Waals surface area contributed by atoms with E-state index in [0.717, 1.165) is 0 Å². The molecule has 0 saturated carbocycles. The monoisotopic (exact) mass is 392 g/mol. The van der Waals surface area contributed by atoms with Gasteiger partial charge >= 0.3 is 11.8 Å². The van der Waals surface area contributed by atoms with Gasteiger partial charge in [0, 0.05) is 18.3 Å². The number of carbonyl (C=O) groups excluding carboxylic acids is 1. The second kappa shape index (κ2) is 8.56. The number of aliphatic hydroxyl groups excluding tert-OH is 1. The van der Waals surface area contributed by atoms with Gasteiger partial charge in [-0.3, -0.25) is 20.0 Å². The highest BCUT2D eigenvalue weighted by molar-refractivity contribution is 5.83. The van der Waals surface area contributed by atoms with E-state index in [1.54, 1.807) is 0 Å². The fraction of sp³-hybridized carbons (Fsp3) is 0.312. The lowest BCUT2D eigenvalue weighted by molar-refractivity contribution is -0.384. The van der Waals surface area contributed by atoms with Crippen LogP contribution in [0.25, 0.3) is 0 Å². The summed E-state index contributed by atoms with van der Waals surface area (Å²) in [7, 11) is 0. The molecule has 2 unspecified atom stereocenters. The Morgan fingerprint density at radius 2 is 2.14 bits per heavy atom. The van der Waals surface area contributed by atoms with Crippen LogP contribution in [-0.4, -0.2) is 45.2 Å². The Hall–Kier alpha value is -3.35. The number of aliphatic hydroxyl groups is 1. The Morgan fingerprint density at radius 1 is 1.39 bits per heavy atom. The lowest BCUT2D eigenvalue weighted by Crippen LogP contribution is -2.29. The number of nitro benzene ring substituents is 1. The van der Waals surface area contributed by atoms with Crippen LogP contribution in [0.5, 0.6) is 0 Å². The zero-order valence-electron chi connectivity index (χ0n) is 14.4. The van der Waals surface area contributed by atoms with Crippen molar-refractivity contribution in [2.24, 2.45) is 0 Å². The van der Waals surface area contributed by atoms with Crippen LogP contribution in [0.2, 0.25) is 0 Å². The van der Waals surface area contributed by atoms with E-state index in [2.05, 4.69) is 10.3 Å². The maximum atomic E-state index is 12.1. The van der Waals surface area contributed by atoms with Crippen LogP contribution in [0.4, 0.5) is 16.3 Å². The van der Waals surface area contributed by atoms with Gasteiger partial charge in [0.05, 0.1) is 18.1 Å². The molecule has 1 saturated heterocycles. The van der Waals surface area contributed by atoms with Gasteiger partial charge < -0.3 is 19.3 Å². The van der Waals surface area contributed by atoms with Crippen LogP contribution < -0.4 is 11.0 Å². The van der Waals surface area contributed by atoms with Crippen molar-refractivity contribution < 1.29 is 29.0 Å². The van der Waals surface area contributed by atoms with Crippen molar-refractivity contribution in [3.63, 3.8) is 0 Å². The van der Waals surface area contributed by atoms with E-state index in [1.807, 2.05) is 0 Å². The quantitative estimate of drug-likeness (QED) is 0.535. The average molecular weight is 392 g/mol. The van der Waals surface area contributed by atoms with E-state index in [-0.39, 0.29) is 31.3 Å². The van der Waals surface area contributed by atoms with Gasteiger partial charge in [0.1, 0.15) is 12.4 Å². The number of hydrogen-bond acceptors (Lipinski definition) is 9. The van der Waals surface area contributed by atoms with Gasteiger partial charge in [0.15, 0.2) is 12.5 Å². The lowest BCUT2D eigenvalue weighted by Gasteiger charge is -2.13. The molecule has 1 aromatic carbocycles. The molecule has 148 valence electrons. The Labute approximate surface area is 157 Å². The van der Waals surface area contributed by atoms with Crippen molar-refractivity contribution in [2.45, 2.75) is 19.1 Å². The number of carbonyl (C=O) groups is 1. The van der Waals surface area contributed by atoms with Crippen LogP contribution in [0.15, 0.2) is 41.3 Å². The van der Waals surface area contributed by atoms with Crippen LogP contribution in [0.1, 0.15) is 11.8 Å². The van der Waals surface area contributed by atoms with Crippen molar-refractivity contribution in [2.75, 3.05) is 18.5 Å². The summed E-state index contributed by atoms with van der Waals surface area (Å²) in [4.78, 5) is 37.7. The molecule has 2 aromatic rings. The third-order valence-electron chi connectivity index (χ3n) is 3.77. The number of nitrogens with zero attached hydrogens (tertiary/aromatic N) is 3. The number of anilines is 1. The first kappa shape index (κ1) is 19.4. The number of non-ortho nitro benzene ring substituents is 1. The molecule has 1 fully saturated rings. The zero-order chi connectivity index (χ0) is 20.1. The summed E-state index contributed by atoms with van der Waals surface area (Å²) in [5.41, 5.74) is -0.193. The number of ether oxygens (including phenoxy) is 3. The molecule has 0 radical (unpaired) electrons. The van der Waals surface area contributed by atoms with E-state index < -0.39 is 29.2 Å². The van der Waals surface area contributed by atoms with Gasteiger partial charge in [-0.25, -0.2) is 9.59 Å². The number of hydrogen-bond donors (Lipinski definition) is 2. The summed E-state index contributed by atoms with van der Waals surface area (Å²) < 4.78 is 16.6. The smallest absolute Gasteiger partial charge is 0.413 e. The molecule has 1 aliphatic heterocycles. The normalized spacial score (nSPS) is 18.6. The molecule has 0 spiro atoms. The Balaban J connectivity index is 1.55. The summed E-state index contributed by atoms with van der Waals surface area (Å²) in [6, 6.07) is 6.91. The van der Waals surface area contributed by atoms with Crippen molar-refractivity contribution in [1.82, 2.24) is 9.55 Å². The minimum absolute atomic E-state index is 0.0208. The van der Waals surface area contributed by atoms with Crippen molar-refractivity contribution in [1.29, 1.82) is 0 Å². The number of rotatable bonds is 6. The third kappa shape index (κ3) is 4.68. The van der Waals surface area contributed by atoms with Gasteiger partial charge in [-0.15, -0.1) is 0 Å². The Kier molecular flexibility index (Phi) is 5.93. The van der Waals surface area contributed by atoms with Gasteiger partial charge in [-0.2, -0.15) is 4.98 Å². The molecule has 1 aromatic heterocycles. The molecular formula is C16H16N4O8. The molecule has 0 aliphatic carbocycles. The van der Waals surface area contributed by atoms with E-state index >= 15 is 0 Å². The topological polar surface area (TPSA) is 155 Å². The van der Waals surface area contributed by atoms with E-state index in [4.69, 9.17) is 19.3 Å². The second-order valence-corrected chi connectivity index (χ2v) is 5.66. The minimum Gasteiger partial charge on any atom is -0.444 e. The van der Waals surface area contributed by atoms with E-state index in [0.29, 0.717) is 5.56 Å². The van der Waals surface area contributed by atoms with Crippen LogP contribution in [-0.2, 0) is 20.8 Å². The summed E-state index contributed by atoms with van der Waals surface area (Å²) >= 11 is 0. The molecule has 2 N–H and O–H groups in total. The van der Waals surface area contributed by atoms with Crippen molar-refractivity contribution >= 4 is 17.6 Å². The van der Waals surface area contributed by atoms with E-state index in [9.17, 15) is 19.7 Å². The van der Waals surface area contributed by atoms with E-state index in [1.165, 1.54) is 41.1 Å². The summed E-state index contributed by atoms with van der Waals surface area (Å²) in [5.74, 6) is -0.0208. The summed E-state index contributed by atoms with van der Waals surface area (Å²) in [6.45, 7) is -0.369.